The van der Waals surface area contributed by atoms with Gasteiger partial charge in [0, 0.05) is 31.0 Å². The Morgan fingerprint density at radius 3 is 2.26 bits per heavy atom. The van der Waals surface area contributed by atoms with E-state index in [-0.39, 0.29) is 23.5 Å². The number of hydrogen-bond donors (Lipinski definition) is 1. The van der Waals surface area contributed by atoms with Crippen molar-refractivity contribution in [1.29, 1.82) is 0 Å². The molecule has 1 unspecified atom stereocenters. The molecule has 34 heavy (non-hydrogen) atoms. The van der Waals surface area contributed by atoms with Gasteiger partial charge in [0.1, 0.15) is 17.3 Å². The average Bonchev–Trinajstić information content (AvgIpc) is 3.45. The number of hydrogen-bond acceptors (Lipinski definition) is 9. The van der Waals surface area contributed by atoms with Crippen LogP contribution in [-0.2, 0) is 32.2 Å². The van der Waals surface area contributed by atoms with Gasteiger partial charge in [-0.2, -0.15) is 0 Å². The van der Waals surface area contributed by atoms with Crippen LogP contribution in [0.25, 0.3) is 0 Å². The number of allylic oxidation sites excluding steroid dienone is 2. The number of furan rings is 1. The number of benzene rings is 1. The van der Waals surface area contributed by atoms with E-state index in [0.29, 0.717) is 17.9 Å². The highest BCUT2D eigenvalue weighted by Gasteiger charge is 2.40. The van der Waals surface area contributed by atoms with Gasteiger partial charge in [-0.15, -0.1) is 0 Å². The van der Waals surface area contributed by atoms with E-state index in [1.807, 2.05) is 12.1 Å². The van der Waals surface area contributed by atoms with Crippen molar-refractivity contribution in [3.8, 4) is 0 Å². The second-order valence-electron chi connectivity index (χ2n) is 8.18. The highest BCUT2D eigenvalue weighted by atomic mass is 16.6. The number of carbonyl (C=O) groups excluding carboxylic acids is 2. The van der Waals surface area contributed by atoms with Crippen molar-refractivity contribution >= 4 is 17.8 Å². The van der Waals surface area contributed by atoms with Crippen LogP contribution in [-0.4, -0.2) is 42.0 Å². The van der Waals surface area contributed by atoms with Crippen molar-refractivity contribution < 1.29 is 28.4 Å². The molecule has 0 saturated carbocycles. The summed E-state index contributed by atoms with van der Waals surface area (Å²) in [6.45, 7) is 5.58. The Morgan fingerprint density at radius 1 is 1.09 bits per heavy atom. The molecule has 3 heterocycles. The molecule has 4 rings (SSSR count). The first kappa shape index (κ1) is 23.2. The van der Waals surface area contributed by atoms with Crippen molar-refractivity contribution in [3.63, 3.8) is 0 Å². The largest absolute Gasteiger partial charge is 0.466 e. The molecule has 0 bridgehead atoms. The number of esters is 2. The van der Waals surface area contributed by atoms with Gasteiger partial charge in [0.05, 0.1) is 30.2 Å². The van der Waals surface area contributed by atoms with E-state index >= 15 is 0 Å². The highest BCUT2D eigenvalue weighted by molar-refractivity contribution is 5.99. The third-order valence-corrected chi connectivity index (χ3v) is 6.01. The maximum absolute atomic E-state index is 13.2. The third kappa shape index (κ3) is 4.44. The van der Waals surface area contributed by atoms with Crippen LogP contribution in [0, 0.1) is 10.1 Å². The summed E-state index contributed by atoms with van der Waals surface area (Å²) >= 11 is 0. The number of rotatable bonds is 7. The van der Waals surface area contributed by atoms with Crippen LogP contribution >= 0.6 is 0 Å². The quantitative estimate of drug-likeness (QED) is 0.371. The Hall–Kier alpha value is -3.92. The molecule has 2 aromatic rings. The lowest BCUT2D eigenvalue weighted by Gasteiger charge is -2.28. The highest BCUT2D eigenvalue weighted by Crippen LogP contribution is 2.40. The SMILES string of the molecule is COC(=O)C1=C(C)NC(C)=C(C(=O)OCCN2Cc3ccccc3C2)C1c1ccc([N+](=O)[O-])o1. The average molecular weight is 467 g/mol. The predicted octanol–water partition coefficient (Wildman–Crippen LogP) is 3.15. The van der Waals surface area contributed by atoms with E-state index in [2.05, 4.69) is 22.3 Å². The molecule has 178 valence electrons. The molecule has 0 aliphatic carbocycles. The molecule has 0 saturated heterocycles. The Balaban J connectivity index is 1.54. The molecule has 2 aliphatic rings. The number of ether oxygens (including phenoxy) is 2. The van der Waals surface area contributed by atoms with Gasteiger partial charge in [0.15, 0.2) is 0 Å². The minimum atomic E-state index is -1.01. The molecule has 10 heteroatoms. The van der Waals surface area contributed by atoms with Crippen LogP contribution in [0.2, 0.25) is 0 Å². The van der Waals surface area contributed by atoms with E-state index in [0.717, 1.165) is 13.1 Å². The molecule has 0 spiro atoms. The van der Waals surface area contributed by atoms with E-state index in [1.54, 1.807) is 13.8 Å². The summed E-state index contributed by atoms with van der Waals surface area (Å²) in [6.07, 6.45) is 0. The number of nitrogens with one attached hydrogen (secondary N) is 1. The summed E-state index contributed by atoms with van der Waals surface area (Å²) < 4.78 is 15.9. The number of dihydropyridines is 1. The first-order valence-electron chi connectivity index (χ1n) is 10.8. The van der Waals surface area contributed by atoms with Crippen molar-refractivity contribution in [2.75, 3.05) is 20.3 Å². The van der Waals surface area contributed by atoms with E-state index < -0.39 is 28.7 Å². The monoisotopic (exact) mass is 467 g/mol. The van der Waals surface area contributed by atoms with Crippen LogP contribution in [0.3, 0.4) is 0 Å². The Kier molecular flexibility index (Phi) is 6.51. The van der Waals surface area contributed by atoms with Gasteiger partial charge in [-0.3, -0.25) is 15.0 Å². The molecule has 1 N–H and O–H groups in total. The lowest BCUT2D eigenvalue weighted by Crippen LogP contribution is -2.33. The van der Waals surface area contributed by atoms with Crippen molar-refractivity contribution in [1.82, 2.24) is 10.2 Å². The second-order valence-corrected chi connectivity index (χ2v) is 8.18. The fraction of sp³-hybridized carbons (Fsp3) is 0.333. The topological polar surface area (TPSA) is 124 Å². The number of nitrogens with zero attached hydrogens (tertiary/aromatic N) is 2. The van der Waals surface area contributed by atoms with E-state index in [4.69, 9.17) is 13.9 Å². The van der Waals surface area contributed by atoms with Gasteiger partial charge in [-0.05, 0) is 31.0 Å². The van der Waals surface area contributed by atoms with Crippen LogP contribution in [0.4, 0.5) is 5.88 Å². The maximum Gasteiger partial charge on any atom is 0.433 e. The normalized spacial score (nSPS) is 17.9. The molecule has 0 radical (unpaired) electrons. The van der Waals surface area contributed by atoms with Gasteiger partial charge in [-0.1, -0.05) is 24.3 Å². The summed E-state index contributed by atoms with van der Waals surface area (Å²) in [5, 5.41) is 14.2. The fourth-order valence-corrected chi connectivity index (χ4v) is 4.43. The van der Waals surface area contributed by atoms with Crippen LogP contribution in [0.5, 0.6) is 0 Å². The molecular weight excluding hydrogens is 442 g/mol. The first-order chi connectivity index (χ1) is 16.3. The van der Waals surface area contributed by atoms with Crippen molar-refractivity contribution in [2.24, 2.45) is 0 Å². The third-order valence-electron chi connectivity index (χ3n) is 6.01. The van der Waals surface area contributed by atoms with Crippen LogP contribution in [0.15, 0.2) is 63.4 Å². The van der Waals surface area contributed by atoms with Crippen LogP contribution < -0.4 is 5.32 Å². The summed E-state index contributed by atoms with van der Waals surface area (Å²) in [5.74, 6) is -2.74. The smallest absolute Gasteiger partial charge is 0.433 e. The number of carbonyl (C=O) groups is 2. The van der Waals surface area contributed by atoms with Gasteiger partial charge in [0.2, 0.25) is 0 Å². The van der Waals surface area contributed by atoms with Crippen LogP contribution in [0.1, 0.15) is 36.7 Å². The molecule has 2 aliphatic heterocycles. The Morgan fingerprint density at radius 2 is 1.71 bits per heavy atom. The fourth-order valence-electron chi connectivity index (χ4n) is 4.43. The molecule has 10 nitrogen and oxygen atoms in total. The molecule has 1 aromatic carbocycles. The molecular formula is C24H25N3O7. The van der Waals surface area contributed by atoms with Gasteiger partial charge >= 0.3 is 17.8 Å². The zero-order valence-electron chi connectivity index (χ0n) is 19.1. The van der Waals surface area contributed by atoms with Gasteiger partial charge in [0.25, 0.3) is 0 Å². The molecule has 0 fully saturated rings. The van der Waals surface area contributed by atoms with E-state index in [9.17, 15) is 19.7 Å². The minimum absolute atomic E-state index is 0.0780. The molecule has 0 amide bonds. The maximum atomic E-state index is 13.2. The lowest BCUT2D eigenvalue weighted by molar-refractivity contribution is -0.402. The van der Waals surface area contributed by atoms with Gasteiger partial charge in [-0.25, -0.2) is 9.59 Å². The Labute approximate surface area is 196 Å². The zero-order chi connectivity index (χ0) is 24.4. The summed E-state index contributed by atoms with van der Waals surface area (Å²) in [4.78, 5) is 38.4. The number of nitro groups is 1. The minimum Gasteiger partial charge on any atom is -0.466 e. The van der Waals surface area contributed by atoms with Gasteiger partial charge < -0.3 is 19.2 Å². The number of fused-ring (bicyclic) bond motifs is 1. The second kappa shape index (κ2) is 9.52. The summed E-state index contributed by atoms with van der Waals surface area (Å²) in [6, 6.07) is 10.7. The zero-order valence-corrected chi connectivity index (χ0v) is 19.1. The van der Waals surface area contributed by atoms with Crippen molar-refractivity contribution in [2.45, 2.75) is 32.9 Å². The standard InChI is InChI=1S/C24H25N3O7/c1-14-20(23(28)32-3)22(18-8-9-19(34-18)27(30)31)21(15(2)25-14)24(29)33-11-10-26-12-16-6-4-5-7-17(16)13-26/h4-9,22,25H,10-13H2,1-3H3. The summed E-state index contributed by atoms with van der Waals surface area (Å²) in [7, 11) is 1.22. The van der Waals surface area contributed by atoms with Crippen molar-refractivity contribution in [3.05, 3.63) is 85.9 Å². The predicted molar refractivity (Wildman–Crippen MR) is 120 cm³/mol. The number of methoxy groups -OCH3 is 1. The Bertz CT molecular complexity index is 1190. The molecule has 1 atom stereocenters. The molecule has 1 aromatic heterocycles. The summed E-state index contributed by atoms with van der Waals surface area (Å²) in [5.41, 5.74) is 3.70. The lowest BCUT2D eigenvalue weighted by atomic mass is 9.83. The van der Waals surface area contributed by atoms with E-state index in [1.165, 1.54) is 30.4 Å². The first-order valence-corrected chi connectivity index (χ1v) is 10.8.